The smallest absolute Gasteiger partial charge is 0.254 e. The monoisotopic (exact) mass is 276 g/mol. The zero-order valence-corrected chi connectivity index (χ0v) is 12.6. The number of hydrogen-bond donors (Lipinski definition) is 1. The number of amides is 1. The zero-order chi connectivity index (χ0) is 14.7. The predicted octanol–water partition coefficient (Wildman–Crippen LogP) is 2.46. The molecule has 1 saturated heterocycles. The van der Waals surface area contributed by atoms with Gasteiger partial charge in [-0.2, -0.15) is 0 Å². The van der Waals surface area contributed by atoms with E-state index in [4.69, 9.17) is 10.5 Å². The van der Waals surface area contributed by atoms with Gasteiger partial charge in [0.25, 0.3) is 5.91 Å². The van der Waals surface area contributed by atoms with Gasteiger partial charge in [0.15, 0.2) is 0 Å². The highest BCUT2D eigenvalue weighted by Gasteiger charge is 2.29. The summed E-state index contributed by atoms with van der Waals surface area (Å²) in [5, 5.41) is 0. The van der Waals surface area contributed by atoms with Crippen molar-refractivity contribution in [2.75, 3.05) is 25.5 Å². The van der Waals surface area contributed by atoms with Gasteiger partial charge in [0, 0.05) is 17.8 Å². The van der Waals surface area contributed by atoms with Gasteiger partial charge in [-0.3, -0.25) is 4.79 Å². The molecule has 1 heterocycles. The Kier molecular flexibility index (Phi) is 4.65. The van der Waals surface area contributed by atoms with Crippen LogP contribution in [0.3, 0.4) is 0 Å². The zero-order valence-electron chi connectivity index (χ0n) is 12.6. The standard InChI is InChI=1S/C16H24N2O2/c1-11(2)8-14-10-20-7-6-18(14)16(19)15-9-13(17)5-4-12(15)3/h4-5,9,11,14H,6-8,10,17H2,1-3H3. The van der Waals surface area contributed by atoms with Crippen molar-refractivity contribution in [1.82, 2.24) is 4.90 Å². The van der Waals surface area contributed by atoms with Crippen molar-refractivity contribution < 1.29 is 9.53 Å². The average molecular weight is 276 g/mol. The number of carbonyl (C=O) groups excluding carboxylic acids is 1. The molecule has 0 radical (unpaired) electrons. The first kappa shape index (κ1) is 14.9. The number of morpholine rings is 1. The molecule has 1 amide bonds. The highest BCUT2D eigenvalue weighted by Crippen LogP contribution is 2.21. The van der Waals surface area contributed by atoms with Crippen molar-refractivity contribution in [3.05, 3.63) is 29.3 Å². The van der Waals surface area contributed by atoms with E-state index in [9.17, 15) is 4.79 Å². The molecule has 1 aromatic rings. The minimum Gasteiger partial charge on any atom is -0.399 e. The Morgan fingerprint density at radius 1 is 1.50 bits per heavy atom. The molecule has 0 bridgehead atoms. The molecule has 0 saturated carbocycles. The van der Waals surface area contributed by atoms with Crippen LogP contribution in [0.5, 0.6) is 0 Å². The number of rotatable bonds is 3. The Labute approximate surface area is 120 Å². The van der Waals surface area contributed by atoms with Crippen LogP contribution in [0.1, 0.15) is 36.2 Å². The Morgan fingerprint density at radius 3 is 2.95 bits per heavy atom. The van der Waals surface area contributed by atoms with Crippen LogP contribution >= 0.6 is 0 Å². The molecule has 1 atom stereocenters. The number of carbonyl (C=O) groups is 1. The van der Waals surface area contributed by atoms with Crippen LogP contribution in [0, 0.1) is 12.8 Å². The van der Waals surface area contributed by atoms with Crippen LogP contribution in [-0.2, 0) is 4.74 Å². The maximum absolute atomic E-state index is 12.8. The van der Waals surface area contributed by atoms with Crippen LogP contribution in [-0.4, -0.2) is 36.6 Å². The lowest BCUT2D eigenvalue weighted by atomic mass is 10.00. The van der Waals surface area contributed by atoms with Crippen molar-refractivity contribution in [2.45, 2.75) is 33.2 Å². The third-order valence-corrected chi connectivity index (χ3v) is 3.72. The number of nitrogens with two attached hydrogens (primary N) is 1. The lowest BCUT2D eigenvalue weighted by molar-refractivity contribution is -0.00749. The molecular formula is C16H24N2O2. The topological polar surface area (TPSA) is 55.6 Å². The highest BCUT2D eigenvalue weighted by molar-refractivity contribution is 5.96. The van der Waals surface area contributed by atoms with E-state index >= 15 is 0 Å². The fourth-order valence-electron chi connectivity index (χ4n) is 2.69. The molecule has 0 aliphatic carbocycles. The fraction of sp³-hybridized carbons (Fsp3) is 0.562. The molecule has 0 spiro atoms. The van der Waals surface area contributed by atoms with E-state index in [0.717, 1.165) is 12.0 Å². The number of anilines is 1. The maximum Gasteiger partial charge on any atom is 0.254 e. The summed E-state index contributed by atoms with van der Waals surface area (Å²) in [5.41, 5.74) is 8.13. The lowest BCUT2D eigenvalue weighted by Crippen LogP contribution is -2.49. The molecule has 1 aliphatic rings. The minimum absolute atomic E-state index is 0.0729. The van der Waals surface area contributed by atoms with Gasteiger partial charge in [-0.15, -0.1) is 0 Å². The molecule has 1 aromatic carbocycles. The summed E-state index contributed by atoms with van der Waals surface area (Å²) in [7, 11) is 0. The number of ether oxygens (including phenoxy) is 1. The minimum atomic E-state index is 0.0729. The van der Waals surface area contributed by atoms with Gasteiger partial charge in [0.1, 0.15) is 0 Å². The van der Waals surface area contributed by atoms with E-state index in [1.54, 1.807) is 6.07 Å². The summed E-state index contributed by atoms with van der Waals surface area (Å²) in [6, 6.07) is 5.67. The quantitative estimate of drug-likeness (QED) is 0.863. The molecule has 20 heavy (non-hydrogen) atoms. The Balaban J connectivity index is 2.23. The van der Waals surface area contributed by atoms with Crippen LogP contribution < -0.4 is 5.73 Å². The molecule has 2 N–H and O–H groups in total. The van der Waals surface area contributed by atoms with Crippen LogP contribution in [0.2, 0.25) is 0 Å². The number of aryl methyl sites for hydroxylation is 1. The second-order valence-corrected chi connectivity index (χ2v) is 5.93. The van der Waals surface area contributed by atoms with Gasteiger partial charge in [-0.25, -0.2) is 0 Å². The number of hydrogen-bond acceptors (Lipinski definition) is 3. The van der Waals surface area contributed by atoms with E-state index in [-0.39, 0.29) is 11.9 Å². The second kappa shape index (κ2) is 6.27. The SMILES string of the molecule is Cc1ccc(N)cc1C(=O)N1CCOCC1CC(C)C. The highest BCUT2D eigenvalue weighted by atomic mass is 16.5. The molecule has 4 heteroatoms. The molecular weight excluding hydrogens is 252 g/mol. The van der Waals surface area contributed by atoms with Gasteiger partial charge < -0.3 is 15.4 Å². The lowest BCUT2D eigenvalue weighted by Gasteiger charge is -2.37. The third kappa shape index (κ3) is 3.31. The molecule has 0 aromatic heterocycles. The van der Waals surface area contributed by atoms with Crippen molar-refractivity contribution in [3.63, 3.8) is 0 Å². The maximum atomic E-state index is 12.8. The summed E-state index contributed by atoms with van der Waals surface area (Å²) in [6.45, 7) is 8.19. The van der Waals surface area contributed by atoms with Crippen molar-refractivity contribution >= 4 is 11.6 Å². The van der Waals surface area contributed by atoms with Crippen molar-refractivity contribution in [2.24, 2.45) is 5.92 Å². The summed E-state index contributed by atoms with van der Waals surface area (Å²) in [5.74, 6) is 0.614. The van der Waals surface area contributed by atoms with Crippen LogP contribution in [0.25, 0.3) is 0 Å². The molecule has 1 unspecified atom stereocenters. The number of nitrogens with zero attached hydrogens (tertiary/aromatic N) is 1. The average Bonchev–Trinajstić information content (AvgIpc) is 2.41. The van der Waals surface area contributed by atoms with Gasteiger partial charge in [0.2, 0.25) is 0 Å². The van der Waals surface area contributed by atoms with Crippen LogP contribution in [0.4, 0.5) is 5.69 Å². The number of benzene rings is 1. The molecule has 1 fully saturated rings. The summed E-state index contributed by atoms with van der Waals surface area (Å²) < 4.78 is 5.53. The Morgan fingerprint density at radius 2 is 2.25 bits per heavy atom. The number of nitrogen functional groups attached to an aromatic ring is 1. The largest absolute Gasteiger partial charge is 0.399 e. The van der Waals surface area contributed by atoms with Gasteiger partial charge >= 0.3 is 0 Å². The second-order valence-electron chi connectivity index (χ2n) is 5.93. The van der Waals surface area contributed by atoms with Crippen LogP contribution in [0.15, 0.2) is 18.2 Å². The Hall–Kier alpha value is -1.55. The Bertz CT molecular complexity index is 485. The first-order chi connectivity index (χ1) is 9.49. The van der Waals surface area contributed by atoms with Gasteiger partial charge in [0.05, 0.1) is 19.3 Å². The summed E-state index contributed by atoms with van der Waals surface area (Å²) in [6.07, 6.45) is 0.965. The van der Waals surface area contributed by atoms with E-state index in [2.05, 4.69) is 13.8 Å². The molecule has 110 valence electrons. The third-order valence-electron chi connectivity index (χ3n) is 3.72. The first-order valence-corrected chi connectivity index (χ1v) is 7.24. The molecule has 1 aliphatic heterocycles. The van der Waals surface area contributed by atoms with E-state index < -0.39 is 0 Å². The normalized spacial score (nSPS) is 19.4. The van der Waals surface area contributed by atoms with Crippen molar-refractivity contribution in [3.8, 4) is 0 Å². The van der Waals surface area contributed by atoms with Gasteiger partial charge in [-0.1, -0.05) is 19.9 Å². The summed E-state index contributed by atoms with van der Waals surface area (Å²) >= 11 is 0. The van der Waals surface area contributed by atoms with E-state index in [1.165, 1.54) is 0 Å². The predicted molar refractivity (Wildman–Crippen MR) is 80.7 cm³/mol. The summed E-state index contributed by atoms with van der Waals surface area (Å²) in [4.78, 5) is 14.7. The van der Waals surface area contributed by atoms with Crippen molar-refractivity contribution in [1.29, 1.82) is 0 Å². The van der Waals surface area contributed by atoms with Gasteiger partial charge in [-0.05, 0) is 37.0 Å². The molecule has 2 rings (SSSR count). The van der Waals surface area contributed by atoms with E-state index in [1.807, 2.05) is 24.0 Å². The molecule has 4 nitrogen and oxygen atoms in total. The fourth-order valence-corrected chi connectivity index (χ4v) is 2.69. The first-order valence-electron chi connectivity index (χ1n) is 7.24. The van der Waals surface area contributed by atoms with E-state index in [0.29, 0.717) is 36.9 Å².